The first-order valence-electron chi connectivity index (χ1n) is 9.35. The monoisotopic (exact) mass is 368 g/mol. The minimum atomic E-state index is 1.01. The van der Waals surface area contributed by atoms with E-state index in [0.717, 1.165) is 59.1 Å². The van der Waals surface area contributed by atoms with Crippen molar-refractivity contribution in [3.63, 3.8) is 0 Å². The second-order valence-corrected chi connectivity index (χ2v) is 7.43. The minimum absolute atomic E-state index is 1.01. The summed E-state index contributed by atoms with van der Waals surface area (Å²) in [6.07, 6.45) is 6.50. The van der Waals surface area contributed by atoms with Crippen molar-refractivity contribution in [2.75, 3.05) is 24.2 Å². The lowest BCUT2D eigenvalue weighted by Gasteiger charge is -2.24. The van der Waals surface area contributed by atoms with Gasteiger partial charge < -0.3 is 4.90 Å². The van der Waals surface area contributed by atoms with Crippen LogP contribution in [0.25, 0.3) is 16.8 Å². The summed E-state index contributed by atoms with van der Waals surface area (Å²) in [7, 11) is 0. The van der Waals surface area contributed by atoms with Crippen LogP contribution in [-0.2, 0) is 0 Å². The highest BCUT2D eigenvalue weighted by molar-refractivity contribution is 7.98. The molecule has 5 heteroatoms. The van der Waals surface area contributed by atoms with E-state index in [-0.39, 0.29) is 0 Å². The van der Waals surface area contributed by atoms with Gasteiger partial charge in [0.25, 0.3) is 0 Å². The highest BCUT2D eigenvalue weighted by Crippen LogP contribution is 2.34. The molecule has 0 aliphatic rings. The maximum absolute atomic E-state index is 5.01. The molecule has 3 rings (SSSR count). The fraction of sp³-hybridized carbons (Fsp3) is 0.429. The lowest BCUT2D eigenvalue weighted by atomic mass is 10.1. The highest BCUT2D eigenvalue weighted by Gasteiger charge is 2.20. The van der Waals surface area contributed by atoms with Crippen LogP contribution in [0.5, 0.6) is 0 Å². The number of hydrogen-bond acceptors (Lipinski definition) is 4. The van der Waals surface area contributed by atoms with Gasteiger partial charge in [0, 0.05) is 41.8 Å². The van der Waals surface area contributed by atoms with E-state index in [1.54, 1.807) is 11.8 Å². The Kier molecular flexibility index (Phi) is 5.87. The first-order chi connectivity index (χ1) is 12.6. The summed E-state index contributed by atoms with van der Waals surface area (Å²) in [5.74, 6) is 1.22. The normalized spacial score (nSPS) is 11.3. The summed E-state index contributed by atoms with van der Waals surface area (Å²) in [5, 5.41) is 1.09. The molecule has 0 aliphatic heterocycles. The van der Waals surface area contributed by atoms with Crippen LogP contribution in [0.3, 0.4) is 0 Å². The fourth-order valence-corrected chi connectivity index (χ4v) is 4.09. The van der Waals surface area contributed by atoms with Crippen LogP contribution in [0.1, 0.15) is 38.1 Å². The number of fused-ring (bicyclic) bond motifs is 1. The van der Waals surface area contributed by atoms with E-state index in [0.29, 0.717) is 0 Å². The zero-order valence-corrected chi connectivity index (χ0v) is 17.2. The highest BCUT2D eigenvalue weighted by atomic mass is 32.2. The molecule has 3 aromatic heterocycles. The van der Waals surface area contributed by atoms with Crippen LogP contribution in [0.4, 0.5) is 5.82 Å². The third kappa shape index (κ3) is 3.45. The Hall–Kier alpha value is -2.01. The lowest BCUT2D eigenvalue weighted by Crippen LogP contribution is -2.26. The molecule has 0 aliphatic carbocycles. The Morgan fingerprint density at radius 2 is 1.73 bits per heavy atom. The Morgan fingerprint density at radius 3 is 2.35 bits per heavy atom. The number of aryl methyl sites for hydroxylation is 2. The Labute approximate surface area is 160 Å². The summed E-state index contributed by atoms with van der Waals surface area (Å²) in [6.45, 7) is 10.7. The van der Waals surface area contributed by atoms with Crippen molar-refractivity contribution in [3.05, 3.63) is 41.9 Å². The molecule has 0 saturated carbocycles. The van der Waals surface area contributed by atoms with Crippen LogP contribution in [0.2, 0.25) is 0 Å². The fourth-order valence-electron chi connectivity index (χ4n) is 3.50. The molecule has 3 aromatic rings. The van der Waals surface area contributed by atoms with Crippen LogP contribution < -0.4 is 4.90 Å². The zero-order valence-electron chi connectivity index (χ0n) is 16.4. The second-order valence-electron chi connectivity index (χ2n) is 6.63. The average Bonchev–Trinajstić information content (AvgIpc) is 3.00. The van der Waals surface area contributed by atoms with Crippen LogP contribution in [0, 0.1) is 13.8 Å². The molecule has 0 radical (unpaired) electrons. The Bertz CT molecular complexity index is 894. The predicted molar refractivity (Wildman–Crippen MR) is 112 cm³/mol. The minimum Gasteiger partial charge on any atom is -0.355 e. The molecule has 0 unspecified atom stereocenters. The maximum atomic E-state index is 5.01. The number of thioether (sulfide) groups is 1. The van der Waals surface area contributed by atoms with Crippen molar-refractivity contribution < 1.29 is 0 Å². The van der Waals surface area contributed by atoms with Gasteiger partial charge in [-0.3, -0.25) is 9.38 Å². The van der Waals surface area contributed by atoms with E-state index >= 15 is 0 Å². The Balaban J connectivity index is 2.23. The van der Waals surface area contributed by atoms with Gasteiger partial charge in [-0.2, -0.15) is 0 Å². The van der Waals surface area contributed by atoms with Crippen molar-refractivity contribution in [2.24, 2.45) is 0 Å². The Morgan fingerprint density at radius 1 is 1.00 bits per heavy atom. The molecule has 0 aromatic carbocycles. The molecule has 138 valence electrons. The SMILES string of the molecule is CCCN(CCC)c1c(SC)nc2c(-c3ccc(C)nc3C)cccn12. The van der Waals surface area contributed by atoms with Gasteiger partial charge in [-0.25, -0.2) is 4.98 Å². The molecule has 0 saturated heterocycles. The van der Waals surface area contributed by atoms with Crippen molar-refractivity contribution in [3.8, 4) is 11.1 Å². The van der Waals surface area contributed by atoms with Crippen molar-refractivity contribution in [2.45, 2.75) is 45.6 Å². The van der Waals surface area contributed by atoms with E-state index in [4.69, 9.17) is 4.98 Å². The van der Waals surface area contributed by atoms with E-state index in [1.165, 1.54) is 5.82 Å². The van der Waals surface area contributed by atoms with Gasteiger partial charge in [-0.1, -0.05) is 19.9 Å². The summed E-state index contributed by atoms with van der Waals surface area (Å²) in [4.78, 5) is 12.1. The molecule has 3 heterocycles. The third-order valence-electron chi connectivity index (χ3n) is 4.59. The predicted octanol–water partition coefficient (Wildman–Crippen LogP) is 5.36. The number of anilines is 1. The van der Waals surface area contributed by atoms with Crippen molar-refractivity contribution in [1.82, 2.24) is 14.4 Å². The summed E-state index contributed by atoms with van der Waals surface area (Å²) >= 11 is 1.72. The van der Waals surface area contributed by atoms with Gasteiger partial charge >= 0.3 is 0 Å². The first kappa shape index (κ1) is 18.8. The smallest absolute Gasteiger partial charge is 0.147 e. The molecule has 0 amide bonds. The molecule has 0 bridgehead atoms. The molecule has 0 fully saturated rings. The quantitative estimate of drug-likeness (QED) is 0.526. The number of nitrogens with zero attached hydrogens (tertiary/aromatic N) is 4. The molecular formula is C21H28N4S. The number of hydrogen-bond donors (Lipinski definition) is 0. The molecule has 0 atom stereocenters. The summed E-state index contributed by atoms with van der Waals surface area (Å²) in [5.41, 5.74) is 5.41. The van der Waals surface area contributed by atoms with Crippen LogP contribution >= 0.6 is 11.8 Å². The first-order valence-corrected chi connectivity index (χ1v) is 10.6. The van der Waals surface area contributed by atoms with Crippen molar-refractivity contribution in [1.29, 1.82) is 0 Å². The number of pyridine rings is 2. The van der Waals surface area contributed by atoms with E-state index < -0.39 is 0 Å². The van der Waals surface area contributed by atoms with Gasteiger partial charge in [0.05, 0.1) is 0 Å². The van der Waals surface area contributed by atoms with Gasteiger partial charge in [-0.05, 0) is 51.1 Å². The molecule has 4 nitrogen and oxygen atoms in total. The molecule has 26 heavy (non-hydrogen) atoms. The molecule has 0 spiro atoms. The van der Waals surface area contributed by atoms with Gasteiger partial charge in [0.2, 0.25) is 0 Å². The second kappa shape index (κ2) is 8.12. The lowest BCUT2D eigenvalue weighted by molar-refractivity contribution is 0.723. The topological polar surface area (TPSA) is 33.4 Å². The maximum Gasteiger partial charge on any atom is 0.147 e. The summed E-state index contributed by atoms with van der Waals surface area (Å²) < 4.78 is 2.26. The van der Waals surface area contributed by atoms with Crippen LogP contribution in [0.15, 0.2) is 35.5 Å². The largest absolute Gasteiger partial charge is 0.355 e. The average molecular weight is 369 g/mol. The molecule has 0 N–H and O–H groups in total. The van der Waals surface area contributed by atoms with Crippen LogP contribution in [-0.4, -0.2) is 33.7 Å². The van der Waals surface area contributed by atoms with Crippen molar-refractivity contribution >= 4 is 23.2 Å². The molecular weight excluding hydrogens is 340 g/mol. The number of aromatic nitrogens is 3. The van der Waals surface area contributed by atoms with Gasteiger partial charge in [-0.15, -0.1) is 11.8 Å². The van der Waals surface area contributed by atoms with E-state index in [9.17, 15) is 0 Å². The van der Waals surface area contributed by atoms with Gasteiger partial charge in [0.15, 0.2) is 0 Å². The van der Waals surface area contributed by atoms with E-state index in [1.807, 2.05) is 6.92 Å². The van der Waals surface area contributed by atoms with E-state index in [2.05, 4.69) is 71.8 Å². The zero-order chi connectivity index (χ0) is 18.7. The van der Waals surface area contributed by atoms with Gasteiger partial charge in [0.1, 0.15) is 16.5 Å². The third-order valence-corrected chi connectivity index (χ3v) is 5.25. The number of rotatable bonds is 7. The number of imidazole rings is 1. The summed E-state index contributed by atoms with van der Waals surface area (Å²) in [6, 6.07) is 8.51. The standard InChI is InChI=1S/C21H28N4S/c1-6-12-24(13-7-2)21-20(26-5)23-19-18(9-8-14-25(19)21)17-11-10-15(3)22-16(17)4/h8-11,14H,6-7,12-13H2,1-5H3.